The molecule has 23 heavy (non-hydrogen) atoms. The molecule has 1 N–H and O–H groups in total. The van der Waals surface area contributed by atoms with Gasteiger partial charge in [-0.05, 0) is 24.6 Å². The van der Waals surface area contributed by atoms with E-state index in [0.29, 0.717) is 19.6 Å². The van der Waals surface area contributed by atoms with Crippen LogP contribution in [-0.2, 0) is 11.3 Å². The van der Waals surface area contributed by atoms with Crippen molar-refractivity contribution in [3.8, 4) is 0 Å². The molecule has 2 aromatic carbocycles. The second kappa shape index (κ2) is 8.27. The zero-order chi connectivity index (χ0) is 16.7. The van der Waals surface area contributed by atoms with Gasteiger partial charge in [0.05, 0.1) is 5.69 Å². The number of hydrogen-bond donors (Lipinski definition) is 1. The van der Waals surface area contributed by atoms with E-state index in [-0.39, 0.29) is 18.0 Å². The van der Waals surface area contributed by atoms with Gasteiger partial charge in [-0.2, -0.15) is 0 Å². The zero-order valence-electron chi connectivity index (χ0n) is 13.1. The molecule has 3 nitrogen and oxygen atoms in total. The van der Waals surface area contributed by atoms with Crippen LogP contribution in [0.3, 0.4) is 0 Å². The number of benzene rings is 2. The third-order valence-electron chi connectivity index (χ3n) is 3.54. The molecule has 1 amide bonds. The molecule has 0 heterocycles. The number of hydrogen-bond acceptors (Lipinski definition) is 2. The minimum absolute atomic E-state index is 0.00799. The van der Waals surface area contributed by atoms with E-state index in [1.165, 1.54) is 12.1 Å². The lowest BCUT2D eigenvalue weighted by Crippen LogP contribution is -2.31. The second-order valence-corrected chi connectivity index (χ2v) is 5.19. The van der Waals surface area contributed by atoms with Crippen molar-refractivity contribution in [1.82, 2.24) is 4.90 Å². The van der Waals surface area contributed by atoms with Crippen LogP contribution in [0.4, 0.5) is 14.5 Å². The molecule has 0 spiro atoms. The lowest BCUT2D eigenvalue weighted by atomic mass is 10.2. The maximum Gasteiger partial charge on any atom is 0.224 e. The molecule has 0 aliphatic heterocycles. The summed E-state index contributed by atoms with van der Waals surface area (Å²) >= 11 is 0. The highest BCUT2D eigenvalue weighted by Gasteiger charge is 2.12. The van der Waals surface area contributed by atoms with Crippen molar-refractivity contribution < 1.29 is 13.6 Å². The van der Waals surface area contributed by atoms with E-state index < -0.39 is 11.6 Å². The molecule has 0 saturated heterocycles. The number of amides is 1. The Labute approximate surface area is 134 Å². The Morgan fingerprint density at radius 1 is 1.13 bits per heavy atom. The summed E-state index contributed by atoms with van der Waals surface area (Å²) in [6.45, 7) is 3.39. The molecule has 0 aromatic heterocycles. The first-order chi connectivity index (χ1) is 11.1. The van der Waals surface area contributed by atoms with Crippen LogP contribution in [0.15, 0.2) is 48.5 Å². The fraction of sp³-hybridized carbons (Fsp3) is 0.278. The maximum absolute atomic E-state index is 13.5. The molecule has 2 aromatic rings. The van der Waals surface area contributed by atoms with Crippen LogP contribution in [0.1, 0.15) is 18.9 Å². The highest BCUT2D eigenvalue weighted by atomic mass is 19.1. The molecule has 0 unspecified atom stereocenters. The van der Waals surface area contributed by atoms with E-state index in [1.54, 1.807) is 4.90 Å². The van der Waals surface area contributed by atoms with E-state index in [9.17, 15) is 13.6 Å². The Bertz CT molecular complexity index is 647. The van der Waals surface area contributed by atoms with Gasteiger partial charge >= 0.3 is 0 Å². The number of rotatable bonds is 7. The average Bonchev–Trinajstić information content (AvgIpc) is 2.55. The Kier molecular flexibility index (Phi) is 6.09. The first kappa shape index (κ1) is 16.9. The monoisotopic (exact) mass is 318 g/mol. The normalized spacial score (nSPS) is 10.4. The number of carbonyl (C=O) groups is 1. The SMILES string of the molecule is CCN(Cc1ccccc1)C(=O)CCNc1ccc(F)cc1F. The molecule has 0 saturated carbocycles. The van der Waals surface area contributed by atoms with Gasteiger partial charge in [-0.1, -0.05) is 30.3 Å². The molecule has 0 aliphatic carbocycles. The van der Waals surface area contributed by atoms with Gasteiger partial charge < -0.3 is 10.2 Å². The van der Waals surface area contributed by atoms with Gasteiger partial charge in [-0.25, -0.2) is 8.78 Å². The zero-order valence-corrected chi connectivity index (χ0v) is 13.1. The molecule has 5 heteroatoms. The second-order valence-electron chi connectivity index (χ2n) is 5.19. The number of nitrogens with one attached hydrogen (secondary N) is 1. The summed E-state index contributed by atoms with van der Waals surface area (Å²) < 4.78 is 26.3. The van der Waals surface area contributed by atoms with Gasteiger partial charge in [0.1, 0.15) is 11.6 Å². The van der Waals surface area contributed by atoms with Crippen LogP contribution in [0, 0.1) is 11.6 Å². The lowest BCUT2D eigenvalue weighted by Gasteiger charge is -2.21. The molecule has 0 aliphatic rings. The quantitative estimate of drug-likeness (QED) is 0.842. The van der Waals surface area contributed by atoms with E-state index in [2.05, 4.69) is 5.32 Å². The molecular formula is C18H20F2N2O. The topological polar surface area (TPSA) is 32.3 Å². The maximum atomic E-state index is 13.5. The Morgan fingerprint density at radius 3 is 2.52 bits per heavy atom. The summed E-state index contributed by atoms with van der Waals surface area (Å²) in [4.78, 5) is 14.0. The first-order valence-corrected chi connectivity index (χ1v) is 7.60. The fourth-order valence-electron chi connectivity index (χ4n) is 2.28. The Morgan fingerprint density at radius 2 is 1.87 bits per heavy atom. The number of nitrogens with zero attached hydrogens (tertiary/aromatic N) is 1. The van der Waals surface area contributed by atoms with E-state index in [1.807, 2.05) is 37.3 Å². The van der Waals surface area contributed by atoms with Gasteiger partial charge in [0, 0.05) is 32.1 Å². The summed E-state index contributed by atoms with van der Waals surface area (Å²) in [5.41, 5.74) is 1.27. The molecule has 0 radical (unpaired) electrons. The van der Waals surface area contributed by atoms with Crippen LogP contribution < -0.4 is 5.32 Å². The minimum atomic E-state index is -0.658. The first-order valence-electron chi connectivity index (χ1n) is 7.60. The standard InChI is InChI=1S/C18H20F2N2O/c1-2-22(13-14-6-4-3-5-7-14)18(23)10-11-21-17-9-8-15(19)12-16(17)20/h3-9,12,21H,2,10-11,13H2,1H3. The van der Waals surface area contributed by atoms with Gasteiger partial charge in [-0.15, -0.1) is 0 Å². The van der Waals surface area contributed by atoms with E-state index in [4.69, 9.17) is 0 Å². The Hall–Kier alpha value is -2.43. The summed E-state index contributed by atoms with van der Waals surface area (Å²) in [7, 11) is 0. The Balaban J connectivity index is 1.85. The third-order valence-corrected chi connectivity index (χ3v) is 3.54. The van der Waals surface area contributed by atoms with Crippen molar-refractivity contribution in [2.45, 2.75) is 19.9 Å². The molecule has 122 valence electrons. The predicted molar refractivity (Wildman–Crippen MR) is 87.0 cm³/mol. The molecular weight excluding hydrogens is 298 g/mol. The van der Waals surface area contributed by atoms with Gasteiger partial charge in [0.2, 0.25) is 5.91 Å². The largest absolute Gasteiger partial charge is 0.382 e. The number of carbonyl (C=O) groups excluding carboxylic acids is 1. The highest BCUT2D eigenvalue weighted by molar-refractivity contribution is 5.76. The molecule has 0 atom stereocenters. The highest BCUT2D eigenvalue weighted by Crippen LogP contribution is 2.15. The molecule has 0 bridgehead atoms. The lowest BCUT2D eigenvalue weighted by molar-refractivity contribution is -0.131. The van der Waals surface area contributed by atoms with Crippen molar-refractivity contribution in [1.29, 1.82) is 0 Å². The summed E-state index contributed by atoms with van der Waals surface area (Å²) in [5.74, 6) is -1.29. The van der Waals surface area contributed by atoms with Gasteiger partial charge in [0.15, 0.2) is 0 Å². The third kappa shape index (κ3) is 5.06. The van der Waals surface area contributed by atoms with E-state index in [0.717, 1.165) is 11.6 Å². The van der Waals surface area contributed by atoms with Gasteiger partial charge in [0.25, 0.3) is 0 Å². The predicted octanol–water partition coefficient (Wildman–Crippen LogP) is 3.82. The van der Waals surface area contributed by atoms with Crippen molar-refractivity contribution in [3.05, 3.63) is 65.7 Å². The van der Waals surface area contributed by atoms with E-state index >= 15 is 0 Å². The smallest absolute Gasteiger partial charge is 0.224 e. The summed E-state index contributed by atoms with van der Waals surface area (Å²) in [6, 6.07) is 13.1. The van der Waals surface area contributed by atoms with Crippen LogP contribution in [0.2, 0.25) is 0 Å². The van der Waals surface area contributed by atoms with Crippen LogP contribution >= 0.6 is 0 Å². The van der Waals surface area contributed by atoms with Crippen LogP contribution in [0.5, 0.6) is 0 Å². The fourth-order valence-corrected chi connectivity index (χ4v) is 2.28. The van der Waals surface area contributed by atoms with Crippen molar-refractivity contribution in [2.75, 3.05) is 18.4 Å². The van der Waals surface area contributed by atoms with Crippen LogP contribution in [-0.4, -0.2) is 23.9 Å². The van der Waals surface area contributed by atoms with Crippen molar-refractivity contribution in [2.24, 2.45) is 0 Å². The van der Waals surface area contributed by atoms with Crippen molar-refractivity contribution in [3.63, 3.8) is 0 Å². The van der Waals surface area contributed by atoms with Crippen LogP contribution in [0.25, 0.3) is 0 Å². The number of anilines is 1. The summed E-state index contributed by atoms with van der Waals surface area (Å²) in [6.07, 6.45) is 0.248. The summed E-state index contributed by atoms with van der Waals surface area (Å²) in [5, 5.41) is 2.82. The molecule has 2 rings (SSSR count). The van der Waals surface area contributed by atoms with Crippen molar-refractivity contribution >= 4 is 11.6 Å². The minimum Gasteiger partial charge on any atom is -0.382 e. The molecule has 0 fully saturated rings. The van der Waals surface area contributed by atoms with Gasteiger partial charge in [-0.3, -0.25) is 4.79 Å². The average molecular weight is 318 g/mol. The number of halogens is 2.